The van der Waals surface area contributed by atoms with E-state index >= 15 is 0 Å². The number of hydrogen-bond donors (Lipinski definition) is 2. The summed E-state index contributed by atoms with van der Waals surface area (Å²) < 4.78 is 8.26. The molecule has 0 unspecified atom stereocenters. The first kappa shape index (κ1) is 12.1. The second-order valence-electron chi connectivity index (χ2n) is 1.12. The number of hydrogen-bond acceptors (Lipinski definition) is 3. The van der Waals surface area contributed by atoms with Gasteiger partial charge in [-0.05, 0) is 0 Å². The quantitative estimate of drug-likeness (QED) is 0.478. The van der Waals surface area contributed by atoms with Crippen molar-refractivity contribution in [2.45, 2.75) is 0 Å². The number of aliphatic hydroxyl groups excluding tert-OH is 2. The van der Waals surface area contributed by atoms with Crippen LogP contribution in [0.3, 0.4) is 0 Å². The maximum atomic E-state index is 8.26. The summed E-state index contributed by atoms with van der Waals surface area (Å²) in [7, 11) is 0. The van der Waals surface area contributed by atoms with Gasteiger partial charge in [0.1, 0.15) is 0 Å². The van der Waals surface area contributed by atoms with Crippen molar-refractivity contribution in [3.8, 4) is 0 Å². The monoisotopic (exact) mass is 218 g/mol. The van der Waals surface area contributed by atoms with Crippen LogP contribution in [0.25, 0.3) is 5.32 Å². The van der Waals surface area contributed by atoms with Gasteiger partial charge in [-0.3, -0.25) is 0 Å². The van der Waals surface area contributed by atoms with Crippen molar-refractivity contribution >= 4 is 0 Å². The molecule has 0 rings (SSSR count). The van der Waals surface area contributed by atoms with E-state index in [0.717, 1.165) is 0 Å². The molecule has 0 aromatic heterocycles. The van der Waals surface area contributed by atoms with Crippen molar-refractivity contribution in [3.63, 3.8) is 0 Å². The average Bonchev–Trinajstić information content (AvgIpc) is 1.94. The van der Waals surface area contributed by atoms with E-state index in [9.17, 15) is 0 Å². The molecule has 0 saturated carbocycles. The van der Waals surface area contributed by atoms with Gasteiger partial charge in [0.25, 0.3) is 0 Å². The Hall–Kier alpha value is 0.368. The molecule has 0 fully saturated rings. The topological polar surface area (TPSA) is 71.6 Å². The van der Waals surface area contributed by atoms with Crippen molar-refractivity contribution < 1.29 is 33.4 Å². The molecule has 0 heterocycles. The Kier molecular flexibility index (Phi) is 21.2. The van der Waals surface area contributed by atoms with Crippen LogP contribution in [0.4, 0.5) is 0 Å². The van der Waals surface area contributed by atoms with E-state index in [-0.39, 0.29) is 13.2 Å². The van der Waals surface area contributed by atoms with Gasteiger partial charge in [0.15, 0.2) is 0 Å². The summed E-state index contributed by atoms with van der Waals surface area (Å²) in [5, 5.41) is 19.9. The Labute approximate surface area is 65.5 Å². The molecule has 0 aromatic rings. The Morgan fingerprint density at radius 3 is 1.67 bits per heavy atom. The standard InChI is InChI=1S/C4H10NO2.Mo.O/c6-3-1-5-2-4-7;;/h6-7H,1-4H2;;/q-1;;. The second-order valence-corrected chi connectivity index (χ2v) is 1.12. The first-order chi connectivity index (χ1) is 4.41. The van der Waals surface area contributed by atoms with Gasteiger partial charge in [-0.25, -0.2) is 0 Å². The molecule has 0 saturated heterocycles. The SMILES string of the molecule is OCC[N-]CCO.[O]=[Mo]. The Morgan fingerprint density at radius 1 is 1.11 bits per heavy atom. The van der Waals surface area contributed by atoms with Crippen molar-refractivity contribution in [2.24, 2.45) is 0 Å². The molecule has 0 aromatic carbocycles. The molecule has 0 radical (unpaired) electrons. The first-order valence-electron chi connectivity index (χ1n) is 2.43. The van der Waals surface area contributed by atoms with E-state index in [1.807, 2.05) is 0 Å². The summed E-state index contributed by atoms with van der Waals surface area (Å²) in [5.74, 6) is 0. The van der Waals surface area contributed by atoms with Gasteiger partial charge in [-0.1, -0.05) is 0 Å². The third-order valence-electron chi connectivity index (χ3n) is 0.516. The Bertz CT molecular complexity index is 42.8. The van der Waals surface area contributed by atoms with Crippen LogP contribution in [-0.2, 0) is 23.2 Å². The predicted octanol–water partition coefficient (Wildman–Crippen LogP) is -0.777. The van der Waals surface area contributed by atoms with E-state index in [1.165, 1.54) is 0 Å². The Morgan fingerprint density at radius 2 is 1.44 bits per heavy atom. The fourth-order valence-electron chi connectivity index (χ4n) is 0.253. The van der Waals surface area contributed by atoms with Gasteiger partial charge in [-0.15, -0.1) is 13.1 Å². The summed E-state index contributed by atoms with van der Waals surface area (Å²) in [5.41, 5.74) is 0. The fraction of sp³-hybridized carbons (Fsp3) is 1.00. The van der Waals surface area contributed by atoms with Gasteiger partial charge in [0.2, 0.25) is 0 Å². The molecule has 56 valence electrons. The Balaban J connectivity index is 0. The molecule has 0 aliphatic heterocycles. The van der Waals surface area contributed by atoms with E-state index in [0.29, 0.717) is 32.9 Å². The average molecular weight is 216 g/mol. The molecule has 5 heteroatoms. The first-order valence-corrected chi connectivity index (χ1v) is 3.25. The van der Waals surface area contributed by atoms with Gasteiger partial charge in [0, 0.05) is 13.2 Å². The van der Waals surface area contributed by atoms with E-state index < -0.39 is 0 Å². The maximum absolute atomic E-state index is 8.26. The number of aliphatic hydroxyl groups is 2. The zero-order valence-corrected chi connectivity index (χ0v) is 6.99. The molecule has 0 spiro atoms. The van der Waals surface area contributed by atoms with Crippen LogP contribution in [0, 0.1) is 0 Å². The van der Waals surface area contributed by atoms with Crippen LogP contribution < -0.4 is 0 Å². The van der Waals surface area contributed by atoms with Crippen LogP contribution in [0.1, 0.15) is 0 Å². The molecular formula is C4H10MoNO3-. The van der Waals surface area contributed by atoms with Gasteiger partial charge in [-0.2, -0.15) is 0 Å². The van der Waals surface area contributed by atoms with E-state index in [4.69, 9.17) is 13.6 Å². The van der Waals surface area contributed by atoms with Crippen LogP contribution in [-0.4, -0.2) is 36.5 Å². The van der Waals surface area contributed by atoms with Crippen molar-refractivity contribution in [1.29, 1.82) is 0 Å². The van der Waals surface area contributed by atoms with E-state index in [2.05, 4.69) is 5.32 Å². The molecule has 0 atom stereocenters. The van der Waals surface area contributed by atoms with Crippen molar-refractivity contribution in [1.82, 2.24) is 0 Å². The molecule has 4 nitrogen and oxygen atoms in total. The fourth-order valence-corrected chi connectivity index (χ4v) is 0.253. The number of rotatable bonds is 4. The zero-order valence-electron chi connectivity index (χ0n) is 4.99. The summed E-state index contributed by atoms with van der Waals surface area (Å²) in [6.45, 7) is 1.06. The van der Waals surface area contributed by atoms with Crippen LogP contribution in [0.5, 0.6) is 0 Å². The zero-order chi connectivity index (χ0) is 7.54. The molecule has 9 heavy (non-hydrogen) atoms. The third kappa shape index (κ3) is 17.8. The summed E-state index contributed by atoms with van der Waals surface area (Å²) in [6.07, 6.45) is 0. The molecular weight excluding hydrogens is 206 g/mol. The third-order valence-corrected chi connectivity index (χ3v) is 0.516. The summed E-state index contributed by atoms with van der Waals surface area (Å²) in [6, 6.07) is 0. The van der Waals surface area contributed by atoms with Gasteiger partial charge >= 0.3 is 23.2 Å². The second kappa shape index (κ2) is 15.8. The molecule has 0 aliphatic rings. The minimum atomic E-state index is 0.0833. The number of nitrogens with zero attached hydrogens (tertiary/aromatic N) is 1. The van der Waals surface area contributed by atoms with E-state index in [1.54, 1.807) is 0 Å². The summed E-state index contributed by atoms with van der Waals surface area (Å²) in [4.78, 5) is 0. The van der Waals surface area contributed by atoms with Crippen LogP contribution in [0.15, 0.2) is 0 Å². The molecule has 0 bridgehead atoms. The van der Waals surface area contributed by atoms with Crippen molar-refractivity contribution in [3.05, 3.63) is 5.32 Å². The molecule has 2 N–H and O–H groups in total. The van der Waals surface area contributed by atoms with Crippen LogP contribution in [0.2, 0.25) is 0 Å². The van der Waals surface area contributed by atoms with Gasteiger partial charge in [0.05, 0.1) is 0 Å². The predicted molar refractivity (Wildman–Crippen MR) is 28.0 cm³/mol. The minimum absolute atomic E-state index is 0.0833. The van der Waals surface area contributed by atoms with Crippen LogP contribution >= 0.6 is 0 Å². The normalized spacial score (nSPS) is 7.78. The van der Waals surface area contributed by atoms with Gasteiger partial charge < -0.3 is 15.5 Å². The van der Waals surface area contributed by atoms with Crippen molar-refractivity contribution in [2.75, 3.05) is 26.3 Å². The molecule has 0 aliphatic carbocycles. The molecule has 0 amide bonds. The summed E-state index contributed by atoms with van der Waals surface area (Å²) >= 11 is 0.700.